The SMILES string of the molecule is CCSC1CCC(NC(=O)c2cccc([N+](=O)[O-])c2Cl)C1. The first-order chi connectivity index (χ1) is 10.0. The summed E-state index contributed by atoms with van der Waals surface area (Å²) in [5, 5.41) is 14.3. The van der Waals surface area contributed by atoms with Crippen LogP contribution in [-0.2, 0) is 0 Å². The van der Waals surface area contributed by atoms with E-state index in [-0.39, 0.29) is 28.2 Å². The Bertz CT molecular complexity index is 553. The molecule has 1 fully saturated rings. The van der Waals surface area contributed by atoms with Gasteiger partial charge in [-0.15, -0.1) is 0 Å². The molecule has 0 aromatic heterocycles. The smallest absolute Gasteiger partial charge is 0.288 e. The van der Waals surface area contributed by atoms with Gasteiger partial charge in [-0.2, -0.15) is 11.8 Å². The Hall–Kier alpha value is -1.27. The number of hydrogen-bond donors (Lipinski definition) is 1. The average molecular weight is 329 g/mol. The van der Waals surface area contributed by atoms with Crippen LogP contribution in [0.3, 0.4) is 0 Å². The fourth-order valence-corrected chi connectivity index (χ4v) is 3.98. The topological polar surface area (TPSA) is 72.2 Å². The fourth-order valence-electron chi connectivity index (χ4n) is 2.56. The first-order valence-electron chi connectivity index (χ1n) is 6.88. The van der Waals surface area contributed by atoms with Crippen LogP contribution >= 0.6 is 23.4 Å². The zero-order chi connectivity index (χ0) is 15.4. The molecule has 1 aliphatic carbocycles. The second kappa shape index (κ2) is 7.13. The highest BCUT2D eigenvalue weighted by atomic mass is 35.5. The average Bonchev–Trinajstić information content (AvgIpc) is 2.86. The van der Waals surface area contributed by atoms with Crippen molar-refractivity contribution in [3.8, 4) is 0 Å². The molecule has 1 aliphatic rings. The molecule has 0 saturated heterocycles. The highest BCUT2D eigenvalue weighted by Crippen LogP contribution is 2.31. The van der Waals surface area contributed by atoms with Gasteiger partial charge < -0.3 is 5.32 Å². The summed E-state index contributed by atoms with van der Waals surface area (Å²) < 4.78 is 0. The number of carbonyl (C=O) groups excluding carboxylic acids is 1. The Labute approximate surface area is 132 Å². The zero-order valence-electron chi connectivity index (χ0n) is 11.7. The van der Waals surface area contributed by atoms with Gasteiger partial charge in [0, 0.05) is 17.4 Å². The molecular formula is C14H17ClN2O3S. The Kier molecular flexibility index (Phi) is 5.47. The predicted molar refractivity (Wildman–Crippen MR) is 85.1 cm³/mol. The highest BCUT2D eigenvalue weighted by molar-refractivity contribution is 7.99. The first-order valence-corrected chi connectivity index (χ1v) is 8.31. The minimum Gasteiger partial charge on any atom is -0.349 e. The third-order valence-electron chi connectivity index (χ3n) is 3.54. The molecule has 1 N–H and O–H groups in total. The summed E-state index contributed by atoms with van der Waals surface area (Å²) in [5.74, 6) is 0.734. The monoisotopic (exact) mass is 328 g/mol. The van der Waals surface area contributed by atoms with Crippen LogP contribution in [0.15, 0.2) is 18.2 Å². The molecule has 0 heterocycles. The molecule has 0 spiro atoms. The molecule has 2 unspecified atom stereocenters. The number of amides is 1. The number of nitrogens with one attached hydrogen (secondary N) is 1. The maximum atomic E-state index is 12.2. The van der Waals surface area contributed by atoms with E-state index >= 15 is 0 Å². The molecule has 1 saturated carbocycles. The Morgan fingerprint density at radius 2 is 2.29 bits per heavy atom. The van der Waals surface area contributed by atoms with Gasteiger partial charge in [-0.1, -0.05) is 24.6 Å². The van der Waals surface area contributed by atoms with E-state index in [1.54, 1.807) is 0 Å². The molecule has 0 aliphatic heterocycles. The van der Waals surface area contributed by atoms with Gasteiger partial charge >= 0.3 is 0 Å². The van der Waals surface area contributed by atoms with E-state index in [4.69, 9.17) is 11.6 Å². The summed E-state index contributed by atoms with van der Waals surface area (Å²) in [7, 11) is 0. The lowest BCUT2D eigenvalue weighted by atomic mass is 10.1. The van der Waals surface area contributed by atoms with Gasteiger partial charge in [0.2, 0.25) is 0 Å². The van der Waals surface area contributed by atoms with E-state index in [0.717, 1.165) is 25.0 Å². The number of carbonyl (C=O) groups is 1. The molecule has 7 heteroatoms. The van der Waals surface area contributed by atoms with Crippen LogP contribution in [0.1, 0.15) is 36.5 Å². The van der Waals surface area contributed by atoms with Crippen molar-refractivity contribution in [2.45, 2.75) is 37.5 Å². The number of benzene rings is 1. The van der Waals surface area contributed by atoms with Crippen LogP contribution in [-0.4, -0.2) is 27.9 Å². The van der Waals surface area contributed by atoms with Gasteiger partial charge in [-0.25, -0.2) is 0 Å². The van der Waals surface area contributed by atoms with Crippen LogP contribution < -0.4 is 5.32 Å². The summed E-state index contributed by atoms with van der Waals surface area (Å²) in [6, 6.07) is 4.40. The fraction of sp³-hybridized carbons (Fsp3) is 0.500. The molecule has 2 atom stereocenters. The summed E-state index contributed by atoms with van der Waals surface area (Å²) >= 11 is 7.86. The van der Waals surface area contributed by atoms with Crippen molar-refractivity contribution < 1.29 is 9.72 Å². The third kappa shape index (κ3) is 3.89. The van der Waals surface area contributed by atoms with Crippen LogP contribution in [0.4, 0.5) is 5.69 Å². The zero-order valence-corrected chi connectivity index (χ0v) is 13.2. The second-order valence-electron chi connectivity index (χ2n) is 4.96. The van der Waals surface area contributed by atoms with Gasteiger partial charge in [0.1, 0.15) is 5.02 Å². The summed E-state index contributed by atoms with van der Waals surface area (Å²) in [4.78, 5) is 22.5. The van der Waals surface area contributed by atoms with Crippen molar-refractivity contribution in [1.82, 2.24) is 5.32 Å². The van der Waals surface area contributed by atoms with Crippen LogP contribution in [0.2, 0.25) is 5.02 Å². The van der Waals surface area contributed by atoms with Crippen molar-refractivity contribution in [3.05, 3.63) is 38.9 Å². The number of nitro benzene ring substituents is 1. The van der Waals surface area contributed by atoms with Crippen LogP contribution in [0.25, 0.3) is 0 Å². The van der Waals surface area contributed by atoms with E-state index in [1.807, 2.05) is 11.8 Å². The van der Waals surface area contributed by atoms with Gasteiger partial charge in [0.05, 0.1) is 10.5 Å². The number of hydrogen-bond acceptors (Lipinski definition) is 4. The van der Waals surface area contributed by atoms with E-state index in [9.17, 15) is 14.9 Å². The molecule has 114 valence electrons. The lowest BCUT2D eigenvalue weighted by Crippen LogP contribution is -2.33. The van der Waals surface area contributed by atoms with Crippen molar-refractivity contribution in [1.29, 1.82) is 0 Å². The number of thioether (sulfide) groups is 1. The Morgan fingerprint density at radius 1 is 1.52 bits per heavy atom. The molecular weight excluding hydrogens is 312 g/mol. The Morgan fingerprint density at radius 3 is 2.95 bits per heavy atom. The normalized spacial score (nSPS) is 21.2. The lowest BCUT2D eigenvalue weighted by molar-refractivity contribution is -0.384. The van der Waals surface area contributed by atoms with Gasteiger partial charge in [0.25, 0.3) is 11.6 Å². The third-order valence-corrected chi connectivity index (χ3v) is 5.17. The van der Waals surface area contributed by atoms with Gasteiger partial charge in [-0.05, 0) is 31.1 Å². The largest absolute Gasteiger partial charge is 0.349 e. The molecule has 1 aromatic carbocycles. The van der Waals surface area contributed by atoms with Gasteiger partial charge in [-0.3, -0.25) is 14.9 Å². The predicted octanol–water partition coefficient (Wildman–Crippen LogP) is 3.65. The number of nitro groups is 1. The summed E-state index contributed by atoms with van der Waals surface area (Å²) in [5.41, 5.74) is -0.0763. The van der Waals surface area contributed by atoms with E-state index in [2.05, 4.69) is 12.2 Å². The minimum absolute atomic E-state index is 0.0996. The molecule has 1 amide bonds. The number of halogens is 1. The summed E-state index contributed by atoms with van der Waals surface area (Å²) in [6.07, 6.45) is 2.97. The molecule has 0 bridgehead atoms. The number of rotatable bonds is 5. The van der Waals surface area contributed by atoms with E-state index in [1.165, 1.54) is 18.2 Å². The standard InChI is InChI=1S/C14H17ClN2O3S/c1-2-21-10-7-6-9(8-10)16-14(18)11-4-3-5-12(13(11)15)17(19)20/h3-5,9-10H,2,6-8H2,1H3,(H,16,18). The van der Waals surface area contributed by atoms with Crippen molar-refractivity contribution >= 4 is 35.0 Å². The van der Waals surface area contributed by atoms with Crippen LogP contribution in [0, 0.1) is 10.1 Å². The molecule has 5 nitrogen and oxygen atoms in total. The molecule has 21 heavy (non-hydrogen) atoms. The highest BCUT2D eigenvalue weighted by Gasteiger charge is 2.27. The second-order valence-corrected chi connectivity index (χ2v) is 6.91. The summed E-state index contributed by atoms with van der Waals surface area (Å²) in [6.45, 7) is 2.12. The molecule has 1 aromatic rings. The van der Waals surface area contributed by atoms with Crippen molar-refractivity contribution in [3.63, 3.8) is 0 Å². The molecule has 0 radical (unpaired) electrons. The maximum absolute atomic E-state index is 12.2. The van der Waals surface area contributed by atoms with Crippen molar-refractivity contribution in [2.75, 3.05) is 5.75 Å². The van der Waals surface area contributed by atoms with Gasteiger partial charge in [0.15, 0.2) is 0 Å². The quantitative estimate of drug-likeness (QED) is 0.661. The molecule has 2 rings (SSSR count). The number of nitrogens with zero attached hydrogens (tertiary/aromatic N) is 1. The Balaban J connectivity index is 2.05. The van der Waals surface area contributed by atoms with E-state index in [0.29, 0.717) is 5.25 Å². The first kappa shape index (κ1) is 16.1. The van der Waals surface area contributed by atoms with E-state index < -0.39 is 4.92 Å². The van der Waals surface area contributed by atoms with Crippen molar-refractivity contribution in [2.24, 2.45) is 0 Å². The minimum atomic E-state index is -0.581. The lowest BCUT2D eigenvalue weighted by Gasteiger charge is -2.13. The maximum Gasteiger partial charge on any atom is 0.288 e. The van der Waals surface area contributed by atoms with Crippen LogP contribution in [0.5, 0.6) is 0 Å².